The van der Waals surface area contributed by atoms with Crippen molar-refractivity contribution in [3.05, 3.63) is 62.8 Å². The Balaban J connectivity index is 1.58. The molecule has 1 aliphatic heterocycles. The van der Waals surface area contributed by atoms with E-state index in [-0.39, 0.29) is 0 Å². The summed E-state index contributed by atoms with van der Waals surface area (Å²) in [6.45, 7) is 4.19. The minimum atomic E-state index is 0.728. The summed E-state index contributed by atoms with van der Waals surface area (Å²) in [4.78, 5) is 4.35. The lowest BCUT2D eigenvalue weighted by Crippen LogP contribution is -2.24. The van der Waals surface area contributed by atoms with Crippen molar-refractivity contribution in [2.75, 3.05) is 19.6 Å². The smallest absolute Gasteiger partial charge is 0.0417 e. The van der Waals surface area contributed by atoms with Gasteiger partial charge in [-0.1, -0.05) is 45.7 Å². The first-order valence-electron chi connectivity index (χ1n) is 8.19. The van der Waals surface area contributed by atoms with E-state index < -0.39 is 0 Å². The molecule has 1 aliphatic rings. The Morgan fingerprint density at radius 2 is 2.21 bits per heavy atom. The molecule has 1 unspecified atom stereocenters. The van der Waals surface area contributed by atoms with E-state index in [0.717, 1.165) is 52.7 Å². The van der Waals surface area contributed by atoms with E-state index in [4.69, 9.17) is 11.6 Å². The number of pyridine rings is 1. The highest BCUT2D eigenvalue weighted by Gasteiger charge is 2.13. The molecular weight excluding hydrogens is 386 g/mol. The highest BCUT2D eigenvalue weighted by molar-refractivity contribution is 9.10. The molecule has 126 valence electrons. The molecule has 0 amide bonds. The molecule has 0 saturated carbocycles. The average Bonchev–Trinajstić information content (AvgIpc) is 3.08. The van der Waals surface area contributed by atoms with Gasteiger partial charge in [0.05, 0.1) is 0 Å². The van der Waals surface area contributed by atoms with Crippen LogP contribution >= 0.6 is 27.5 Å². The van der Waals surface area contributed by atoms with Gasteiger partial charge in [0.1, 0.15) is 0 Å². The maximum atomic E-state index is 5.98. The number of nitrogens with zero attached hydrogens (tertiary/aromatic N) is 1. The Labute approximate surface area is 156 Å². The summed E-state index contributed by atoms with van der Waals surface area (Å²) in [7, 11) is 0. The van der Waals surface area contributed by atoms with Gasteiger partial charge < -0.3 is 10.6 Å². The summed E-state index contributed by atoms with van der Waals surface area (Å²) in [5.74, 6) is 0.753. The highest BCUT2D eigenvalue weighted by Crippen LogP contribution is 2.23. The molecule has 24 heavy (non-hydrogen) atoms. The van der Waals surface area contributed by atoms with Gasteiger partial charge in [-0.3, -0.25) is 4.98 Å². The third kappa shape index (κ3) is 5.15. The molecule has 1 aromatic carbocycles. The Morgan fingerprint density at radius 1 is 1.29 bits per heavy atom. The zero-order chi connectivity index (χ0) is 16.8. The van der Waals surface area contributed by atoms with Gasteiger partial charge in [-0.2, -0.15) is 0 Å². The number of benzene rings is 1. The standard InChI is InChI=1S/C19H21BrClN3/c20-19-8-18(21)4-3-17(19)2-1-14-7-16(12-23-9-14)13-24-11-15-5-6-22-10-15/h1-4,7-9,12,15,22,24H,5-6,10-11,13H2/b2-1+. The van der Waals surface area contributed by atoms with Crippen molar-refractivity contribution in [3.8, 4) is 0 Å². The molecule has 1 atom stereocenters. The number of hydrogen-bond acceptors (Lipinski definition) is 3. The van der Waals surface area contributed by atoms with Crippen molar-refractivity contribution in [2.24, 2.45) is 5.92 Å². The third-order valence-electron chi connectivity index (χ3n) is 4.16. The molecule has 1 fully saturated rings. The summed E-state index contributed by atoms with van der Waals surface area (Å²) < 4.78 is 0.988. The molecule has 3 rings (SSSR count). The van der Waals surface area contributed by atoms with Crippen LogP contribution in [0.15, 0.2) is 41.1 Å². The summed E-state index contributed by atoms with van der Waals surface area (Å²) in [5.41, 5.74) is 3.40. The van der Waals surface area contributed by atoms with Crippen LogP contribution in [0.1, 0.15) is 23.1 Å². The number of hydrogen-bond donors (Lipinski definition) is 2. The fourth-order valence-corrected chi connectivity index (χ4v) is 3.64. The Bertz CT molecular complexity index is 712. The van der Waals surface area contributed by atoms with Crippen LogP contribution in [0.3, 0.4) is 0 Å². The SMILES string of the molecule is Clc1ccc(/C=C/c2cncc(CNCC3CCNC3)c2)c(Br)c1. The first-order chi connectivity index (χ1) is 11.7. The molecular formula is C19H21BrClN3. The summed E-state index contributed by atoms with van der Waals surface area (Å²) in [5, 5.41) is 7.66. The van der Waals surface area contributed by atoms with Crippen LogP contribution in [-0.4, -0.2) is 24.6 Å². The van der Waals surface area contributed by atoms with E-state index in [1.807, 2.05) is 30.6 Å². The van der Waals surface area contributed by atoms with Crippen molar-refractivity contribution in [1.29, 1.82) is 0 Å². The van der Waals surface area contributed by atoms with Crippen molar-refractivity contribution >= 4 is 39.7 Å². The van der Waals surface area contributed by atoms with Crippen molar-refractivity contribution in [1.82, 2.24) is 15.6 Å². The monoisotopic (exact) mass is 405 g/mol. The largest absolute Gasteiger partial charge is 0.316 e. The number of nitrogens with one attached hydrogen (secondary N) is 2. The number of rotatable bonds is 6. The van der Waals surface area contributed by atoms with Crippen LogP contribution in [0.25, 0.3) is 12.2 Å². The van der Waals surface area contributed by atoms with Crippen LogP contribution in [-0.2, 0) is 6.54 Å². The molecule has 2 N–H and O–H groups in total. The lowest BCUT2D eigenvalue weighted by molar-refractivity contribution is 0.512. The maximum Gasteiger partial charge on any atom is 0.0417 e. The van der Waals surface area contributed by atoms with Crippen molar-refractivity contribution in [3.63, 3.8) is 0 Å². The molecule has 0 radical (unpaired) electrons. The second kappa shape index (κ2) is 8.77. The van der Waals surface area contributed by atoms with E-state index in [1.54, 1.807) is 0 Å². The van der Waals surface area contributed by atoms with Gasteiger partial charge in [0, 0.05) is 28.4 Å². The summed E-state index contributed by atoms with van der Waals surface area (Å²) >= 11 is 9.51. The minimum absolute atomic E-state index is 0.728. The zero-order valence-electron chi connectivity index (χ0n) is 13.4. The fraction of sp³-hybridized carbons (Fsp3) is 0.316. The molecule has 3 nitrogen and oxygen atoms in total. The Hall–Kier alpha value is -1.20. The topological polar surface area (TPSA) is 37.0 Å². The average molecular weight is 407 g/mol. The van der Waals surface area contributed by atoms with E-state index in [2.05, 4.69) is 49.8 Å². The number of halogens is 2. The molecule has 2 heterocycles. The predicted octanol–water partition coefficient (Wildman–Crippen LogP) is 4.37. The first-order valence-corrected chi connectivity index (χ1v) is 9.36. The first kappa shape index (κ1) is 17.6. The molecule has 0 bridgehead atoms. The van der Waals surface area contributed by atoms with Crippen molar-refractivity contribution in [2.45, 2.75) is 13.0 Å². The quantitative estimate of drug-likeness (QED) is 0.748. The fourth-order valence-electron chi connectivity index (χ4n) is 2.83. The van der Waals surface area contributed by atoms with Gasteiger partial charge >= 0.3 is 0 Å². The van der Waals surface area contributed by atoms with E-state index in [9.17, 15) is 0 Å². The Morgan fingerprint density at radius 3 is 3.00 bits per heavy atom. The Kier molecular flexibility index (Phi) is 6.44. The molecule has 1 aromatic heterocycles. The number of aromatic nitrogens is 1. The zero-order valence-corrected chi connectivity index (χ0v) is 15.8. The van der Waals surface area contributed by atoms with E-state index in [0.29, 0.717) is 0 Å². The van der Waals surface area contributed by atoms with Crippen LogP contribution in [0.2, 0.25) is 5.02 Å². The van der Waals surface area contributed by atoms with Gasteiger partial charge in [-0.15, -0.1) is 0 Å². The van der Waals surface area contributed by atoms with Crippen LogP contribution in [0.5, 0.6) is 0 Å². The van der Waals surface area contributed by atoms with Gasteiger partial charge in [0.15, 0.2) is 0 Å². The van der Waals surface area contributed by atoms with E-state index in [1.165, 1.54) is 12.0 Å². The molecule has 2 aromatic rings. The van der Waals surface area contributed by atoms with Gasteiger partial charge in [0.2, 0.25) is 0 Å². The van der Waals surface area contributed by atoms with Crippen molar-refractivity contribution < 1.29 is 0 Å². The highest BCUT2D eigenvalue weighted by atomic mass is 79.9. The molecule has 0 spiro atoms. The lowest BCUT2D eigenvalue weighted by atomic mass is 10.1. The summed E-state index contributed by atoms with van der Waals surface area (Å²) in [6.07, 6.45) is 9.22. The third-order valence-corrected chi connectivity index (χ3v) is 5.08. The molecule has 1 saturated heterocycles. The lowest BCUT2D eigenvalue weighted by Gasteiger charge is -2.10. The van der Waals surface area contributed by atoms with Crippen LogP contribution < -0.4 is 10.6 Å². The normalized spacial score (nSPS) is 17.7. The molecule has 5 heteroatoms. The minimum Gasteiger partial charge on any atom is -0.316 e. The van der Waals surface area contributed by atoms with E-state index >= 15 is 0 Å². The maximum absolute atomic E-state index is 5.98. The van der Waals surface area contributed by atoms with Gasteiger partial charge in [0.25, 0.3) is 0 Å². The van der Waals surface area contributed by atoms with Gasteiger partial charge in [-0.25, -0.2) is 0 Å². The summed E-state index contributed by atoms with van der Waals surface area (Å²) in [6, 6.07) is 7.96. The van der Waals surface area contributed by atoms with Crippen LogP contribution in [0, 0.1) is 5.92 Å². The molecule has 0 aliphatic carbocycles. The van der Waals surface area contributed by atoms with Crippen LogP contribution in [0.4, 0.5) is 0 Å². The predicted molar refractivity (Wildman–Crippen MR) is 105 cm³/mol. The second-order valence-corrected chi connectivity index (χ2v) is 7.41. The van der Waals surface area contributed by atoms with Gasteiger partial charge in [-0.05, 0) is 66.9 Å². The second-order valence-electron chi connectivity index (χ2n) is 6.12.